The van der Waals surface area contributed by atoms with Crippen molar-refractivity contribution in [1.82, 2.24) is 20.2 Å². The molecule has 0 spiro atoms. The van der Waals surface area contributed by atoms with Gasteiger partial charge in [-0.05, 0) is 30.3 Å². The normalized spacial score (nSPS) is 10.7. The highest BCUT2D eigenvalue weighted by Crippen LogP contribution is 2.23. The Bertz CT molecular complexity index is 687. The van der Waals surface area contributed by atoms with E-state index >= 15 is 0 Å². The van der Waals surface area contributed by atoms with E-state index in [9.17, 15) is 0 Å². The third kappa shape index (κ3) is 3.15. The van der Waals surface area contributed by atoms with Crippen LogP contribution in [0.5, 0.6) is 0 Å². The number of hydrogen-bond donors (Lipinski definition) is 0. The van der Waals surface area contributed by atoms with Gasteiger partial charge in [0.25, 0.3) is 0 Å². The molecule has 3 rings (SSSR count). The van der Waals surface area contributed by atoms with E-state index in [1.807, 2.05) is 12.1 Å². The summed E-state index contributed by atoms with van der Waals surface area (Å²) in [6.07, 6.45) is 3.39. The molecule has 0 amide bonds. The average Bonchev–Trinajstić information content (AvgIpc) is 2.96. The van der Waals surface area contributed by atoms with Crippen LogP contribution in [-0.2, 0) is 5.75 Å². The standard InChI is InChI=1S/C13H9ClN4OS/c14-10-4-2-9(3-5-10)12-18-17-11(19-12)8-20-13-15-6-1-7-16-13/h1-7H,8H2. The van der Waals surface area contributed by atoms with Crippen molar-refractivity contribution in [2.45, 2.75) is 10.9 Å². The maximum absolute atomic E-state index is 5.84. The molecule has 3 aromatic rings. The Morgan fingerprint density at radius 2 is 1.80 bits per heavy atom. The van der Waals surface area contributed by atoms with Crippen molar-refractivity contribution in [3.8, 4) is 11.5 Å². The van der Waals surface area contributed by atoms with E-state index in [1.165, 1.54) is 11.8 Å². The Hall–Kier alpha value is -1.92. The second-order valence-corrected chi connectivity index (χ2v) is 5.21. The molecule has 1 aromatic carbocycles. The molecule has 0 bridgehead atoms. The summed E-state index contributed by atoms with van der Waals surface area (Å²) in [5.74, 6) is 1.54. The topological polar surface area (TPSA) is 64.7 Å². The van der Waals surface area contributed by atoms with E-state index in [4.69, 9.17) is 16.0 Å². The van der Waals surface area contributed by atoms with Gasteiger partial charge in [0.1, 0.15) is 0 Å². The van der Waals surface area contributed by atoms with E-state index in [-0.39, 0.29) is 0 Å². The zero-order chi connectivity index (χ0) is 13.8. The molecule has 2 heterocycles. The van der Waals surface area contributed by atoms with Gasteiger partial charge in [-0.2, -0.15) is 0 Å². The summed E-state index contributed by atoms with van der Waals surface area (Å²) in [6.45, 7) is 0. The van der Waals surface area contributed by atoms with Crippen LogP contribution in [0.25, 0.3) is 11.5 Å². The lowest BCUT2D eigenvalue weighted by Crippen LogP contribution is -1.85. The molecule has 0 fully saturated rings. The number of halogens is 1. The lowest BCUT2D eigenvalue weighted by atomic mass is 10.2. The number of thioether (sulfide) groups is 1. The van der Waals surface area contributed by atoms with Gasteiger partial charge in [0.05, 0.1) is 5.75 Å². The van der Waals surface area contributed by atoms with Crippen molar-refractivity contribution in [3.05, 3.63) is 53.6 Å². The van der Waals surface area contributed by atoms with Crippen LogP contribution >= 0.6 is 23.4 Å². The summed E-state index contributed by atoms with van der Waals surface area (Å²) in [6, 6.07) is 9.02. The molecule has 0 saturated carbocycles. The fraction of sp³-hybridized carbons (Fsp3) is 0.0769. The minimum Gasteiger partial charge on any atom is -0.420 e. The smallest absolute Gasteiger partial charge is 0.247 e. The van der Waals surface area contributed by atoms with Crippen molar-refractivity contribution < 1.29 is 4.42 Å². The minimum atomic E-state index is 0.478. The summed E-state index contributed by atoms with van der Waals surface area (Å²) >= 11 is 7.28. The van der Waals surface area contributed by atoms with Crippen LogP contribution in [0, 0.1) is 0 Å². The van der Waals surface area contributed by atoms with Gasteiger partial charge in [-0.25, -0.2) is 9.97 Å². The third-order valence-corrected chi connectivity index (χ3v) is 3.54. The lowest BCUT2D eigenvalue weighted by molar-refractivity contribution is 0.528. The fourth-order valence-electron chi connectivity index (χ4n) is 1.51. The number of nitrogens with zero attached hydrogens (tertiary/aromatic N) is 4. The molecule has 0 N–H and O–H groups in total. The van der Waals surface area contributed by atoms with E-state index in [0.717, 1.165) is 5.56 Å². The molecular weight excluding hydrogens is 296 g/mol. The Labute approximate surface area is 124 Å². The van der Waals surface area contributed by atoms with Gasteiger partial charge in [0.2, 0.25) is 11.8 Å². The maximum atomic E-state index is 5.84. The third-order valence-electron chi connectivity index (χ3n) is 2.42. The molecule has 0 saturated heterocycles. The first-order chi connectivity index (χ1) is 9.81. The highest BCUT2D eigenvalue weighted by molar-refractivity contribution is 7.98. The van der Waals surface area contributed by atoms with E-state index in [2.05, 4.69) is 20.2 Å². The van der Waals surface area contributed by atoms with E-state index in [1.54, 1.807) is 30.6 Å². The number of aromatic nitrogens is 4. The van der Waals surface area contributed by atoms with Gasteiger partial charge in [-0.3, -0.25) is 0 Å². The minimum absolute atomic E-state index is 0.478. The van der Waals surface area contributed by atoms with Crippen molar-refractivity contribution in [3.63, 3.8) is 0 Å². The molecule has 0 atom stereocenters. The average molecular weight is 305 g/mol. The summed E-state index contributed by atoms with van der Waals surface area (Å²) in [7, 11) is 0. The van der Waals surface area contributed by atoms with E-state index in [0.29, 0.717) is 27.7 Å². The molecular formula is C13H9ClN4OS. The zero-order valence-electron chi connectivity index (χ0n) is 10.2. The quantitative estimate of drug-likeness (QED) is 0.543. The number of benzene rings is 1. The first kappa shape index (κ1) is 13.1. The zero-order valence-corrected chi connectivity index (χ0v) is 11.8. The van der Waals surface area contributed by atoms with Crippen molar-refractivity contribution in [2.24, 2.45) is 0 Å². The van der Waals surface area contributed by atoms with Crippen LogP contribution in [0.4, 0.5) is 0 Å². The molecule has 5 nitrogen and oxygen atoms in total. The maximum Gasteiger partial charge on any atom is 0.247 e. The predicted molar refractivity (Wildman–Crippen MR) is 76.3 cm³/mol. The summed E-state index contributed by atoms with van der Waals surface area (Å²) in [5, 5.41) is 9.37. The first-order valence-electron chi connectivity index (χ1n) is 5.79. The summed E-state index contributed by atoms with van der Waals surface area (Å²) < 4.78 is 5.59. The predicted octanol–water partition coefficient (Wildman–Crippen LogP) is 3.47. The molecule has 0 aliphatic carbocycles. The van der Waals surface area contributed by atoms with Gasteiger partial charge < -0.3 is 4.42 Å². The van der Waals surface area contributed by atoms with E-state index < -0.39 is 0 Å². The van der Waals surface area contributed by atoms with Crippen LogP contribution in [0.1, 0.15) is 5.89 Å². The fourth-order valence-corrected chi connectivity index (χ4v) is 2.27. The van der Waals surface area contributed by atoms with Crippen molar-refractivity contribution in [2.75, 3.05) is 0 Å². The Morgan fingerprint density at radius 3 is 2.55 bits per heavy atom. The van der Waals surface area contributed by atoms with Gasteiger partial charge in [-0.15, -0.1) is 10.2 Å². The van der Waals surface area contributed by atoms with Crippen LogP contribution in [0.3, 0.4) is 0 Å². The van der Waals surface area contributed by atoms with Gasteiger partial charge >= 0.3 is 0 Å². The highest BCUT2D eigenvalue weighted by atomic mass is 35.5. The second-order valence-electron chi connectivity index (χ2n) is 3.83. The van der Waals surface area contributed by atoms with Gasteiger partial charge in [0, 0.05) is 23.0 Å². The molecule has 2 aromatic heterocycles. The first-order valence-corrected chi connectivity index (χ1v) is 7.16. The highest BCUT2D eigenvalue weighted by Gasteiger charge is 2.09. The Kier molecular flexibility index (Phi) is 3.94. The Morgan fingerprint density at radius 1 is 1.05 bits per heavy atom. The van der Waals surface area contributed by atoms with Gasteiger partial charge in [-0.1, -0.05) is 23.4 Å². The Balaban J connectivity index is 1.69. The molecule has 0 radical (unpaired) electrons. The summed E-state index contributed by atoms with van der Waals surface area (Å²) in [5.41, 5.74) is 0.842. The SMILES string of the molecule is Clc1ccc(-c2nnc(CSc3ncccn3)o2)cc1. The molecule has 7 heteroatoms. The van der Waals surface area contributed by atoms with Crippen LogP contribution in [0.15, 0.2) is 52.3 Å². The molecule has 0 aliphatic rings. The van der Waals surface area contributed by atoms with Crippen molar-refractivity contribution in [1.29, 1.82) is 0 Å². The molecule has 100 valence electrons. The lowest BCUT2D eigenvalue weighted by Gasteiger charge is -1.95. The molecule has 20 heavy (non-hydrogen) atoms. The monoisotopic (exact) mass is 304 g/mol. The van der Waals surface area contributed by atoms with Crippen LogP contribution < -0.4 is 0 Å². The number of rotatable bonds is 4. The second kappa shape index (κ2) is 6.02. The number of hydrogen-bond acceptors (Lipinski definition) is 6. The summed E-state index contributed by atoms with van der Waals surface area (Å²) in [4.78, 5) is 8.23. The van der Waals surface area contributed by atoms with Crippen molar-refractivity contribution >= 4 is 23.4 Å². The molecule has 0 aliphatic heterocycles. The van der Waals surface area contributed by atoms with Gasteiger partial charge in [0.15, 0.2) is 5.16 Å². The van der Waals surface area contributed by atoms with Crippen LogP contribution in [0.2, 0.25) is 5.02 Å². The van der Waals surface area contributed by atoms with Crippen LogP contribution in [-0.4, -0.2) is 20.2 Å². The largest absolute Gasteiger partial charge is 0.420 e. The molecule has 0 unspecified atom stereocenters.